The fourth-order valence-corrected chi connectivity index (χ4v) is 0.666. The third kappa shape index (κ3) is 1.44. The average Bonchev–Trinajstić information content (AvgIpc) is 1.96. The summed E-state index contributed by atoms with van der Waals surface area (Å²) in [5.41, 5.74) is -2.61. The van der Waals surface area contributed by atoms with Gasteiger partial charge in [-0.3, -0.25) is 9.97 Å². The van der Waals surface area contributed by atoms with E-state index in [-0.39, 0.29) is 6.61 Å². The van der Waals surface area contributed by atoms with Crippen LogP contribution in [0.3, 0.4) is 0 Å². The zero-order valence-electron chi connectivity index (χ0n) is 6.29. The van der Waals surface area contributed by atoms with Crippen LogP contribution >= 0.6 is 0 Å². The van der Waals surface area contributed by atoms with E-state index in [1.54, 1.807) is 6.92 Å². The van der Waals surface area contributed by atoms with Crippen LogP contribution in [0, 0.1) is 0 Å². The largest absolute Gasteiger partial charge is 0.405 e. The molecular weight excluding hydrogens is 166 g/mol. The van der Waals surface area contributed by atoms with Gasteiger partial charge in [0.1, 0.15) is 6.61 Å². The quantitative estimate of drug-likeness (QED) is 0.524. The van der Waals surface area contributed by atoms with Crippen molar-refractivity contribution in [1.29, 1.82) is 0 Å². The minimum Gasteiger partial charge on any atom is -0.405 e. The van der Waals surface area contributed by atoms with Crippen LogP contribution < -0.4 is 21.9 Å². The van der Waals surface area contributed by atoms with E-state index >= 15 is 0 Å². The first-order chi connectivity index (χ1) is 5.65. The molecule has 1 heterocycles. The minimum atomic E-state index is -0.884. The van der Waals surface area contributed by atoms with Crippen molar-refractivity contribution in [2.75, 3.05) is 6.61 Å². The number of hydrogen-bond acceptors (Lipinski definition) is 4. The molecule has 0 radical (unpaired) electrons. The zero-order valence-corrected chi connectivity index (χ0v) is 6.29. The molecule has 0 aromatic carbocycles. The molecule has 66 valence electrons. The Kier molecular flexibility index (Phi) is 2.13. The minimum absolute atomic E-state index is 0.162. The molecule has 0 saturated carbocycles. The summed E-state index contributed by atoms with van der Waals surface area (Å²) in [6.07, 6.45) is 0. The third-order valence-corrected chi connectivity index (χ3v) is 1.07. The summed E-state index contributed by atoms with van der Waals surface area (Å²) in [5, 5.41) is 0. The maximum atomic E-state index is 10.8. The lowest BCUT2D eigenvalue weighted by Crippen LogP contribution is -2.46. The van der Waals surface area contributed by atoms with Crippen LogP contribution in [0.5, 0.6) is 0 Å². The van der Waals surface area contributed by atoms with Crippen molar-refractivity contribution in [1.82, 2.24) is 14.7 Å². The topological polar surface area (TPSA) is 96.9 Å². The number of nitrogens with zero attached hydrogens (tertiary/aromatic N) is 1. The lowest BCUT2D eigenvalue weighted by molar-refractivity contribution is 0.0975. The van der Waals surface area contributed by atoms with E-state index in [1.165, 1.54) is 0 Å². The van der Waals surface area contributed by atoms with Crippen molar-refractivity contribution in [3.05, 3.63) is 31.5 Å². The standard InChI is InChI=1S/C5H7N3O4/c1-2-12-8-4(10)6-3(9)7-5(8)11/h2H2,1H3,(H2,6,7,9,10,11). The van der Waals surface area contributed by atoms with Crippen LogP contribution in [0.4, 0.5) is 0 Å². The first-order valence-electron chi connectivity index (χ1n) is 3.24. The Bertz CT molecular complexity index is 391. The first-order valence-corrected chi connectivity index (χ1v) is 3.24. The second kappa shape index (κ2) is 3.07. The number of rotatable bonds is 2. The van der Waals surface area contributed by atoms with Gasteiger partial charge in [-0.05, 0) is 6.92 Å². The van der Waals surface area contributed by atoms with Crippen molar-refractivity contribution in [3.63, 3.8) is 0 Å². The number of H-pyrrole nitrogens is 2. The molecule has 1 aromatic rings. The average molecular weight is 173 g/mol. The van der Waals surface area contributed by atoms with E-state index in [9.17, 15) is 14.4 Å². The SMILES string of the molecule is CCOn1c(=O)[nH]c(=O)[nH]c1=O. The van der Waals surface area contributed by atoms with Crippen LogP contribution in [-0.4, -0.2) is 21.3 Å². The van der Waals surface area contributed by atoms with Gasteiger partial charge in [-0.15, -0.1) is 0 Å². The smallest absolute Gasteiger partial charge is 0.367 e. The number of aromatic nitrogens is 3. The molecule has 0 spiro atoms. The van der Waals surface area contributed by atoms with Crippen LogP contribution in [0.1, 0.15) is 6.92 Å². The van der Waals surface area contributed by atoms with Crippen molar-refractivity contribution >= 4 is 0 Å². The molecule has 0 aliphatic rings. The zero-order chi connectivity index (χ0) is 9.14. The molecule has 2 N–H and O–H groups in total. The molecule has 12 heavy (non-hydrogen) atoms. The van der Waals surface area contributed by atoms with Crippen molar-refractivity contribution in [2.45, 2.75) is 6.92 Å². The first kappa shape index (κ1) is 8.31. The van der Waals surface area contributed by atoms with Gasteiger partial charge in [0.05, 0.1) is 0 Å². The molecule has 0 fully saturated rings. The highest BCUT2D eigenvalue weighted by atomic mass is 16.7. The molecule has 0 unspecified atom stereocenters. The van der Waals surface area contributed by atoms with Crippen molar-refractivity contribution < 1.29 is 4.84 Å². The molecule has 7 heteroatoms. The molecule has 0 saturated heterocycles. The lowest BCUT2D eigenvalue weighted by Gasteiger charge is -2.00. The second-order valence-electron chi connectivity index (χ2n) is 1.90. The Morgan fingerprint density at radius 2 is 1.75 bits per heavy atom. The molecule has 0 bridgehead atoms. The maximum absolute atomic E-state index is 10.8. The van der Waals surface area contributed by atoms with Crippen molar-refractivity contribution in [3.8, 4) is 0 Å². The molecule has 0 atom stereocenters. The predicted molar refractivity (Wildman–Crippen MR) is 39.1 cm³/mol. The van der Waals surface area contributed by atoms with E-state index in [0.29, 0.717) is 4.73 Å². The van der Waals surface area contributed by atoms with Gasteiger partial charge in [0.25, 0.3) is 0 Å². The molecule has 0 aliphatic heterocycles. The van der Waals surface area contributed by atoms with Gasteiger partial charge in [-0.25, -0.2) is 14.4 Å². The van der Waals surface area contributed by atoms with Crippen LogP contribution in [0.15, 0.2) is 14.4 Å². The summed E-state index contributed by atoms with van der Waals surface area (Å²) in [4.78, 5) is 40.4. The lowest BCUT2D eigenvalue weighted by atomic mass is 10.9. The Balaban J connectivity index is 3.39. The van der Waals surface area contributed by atoms with Gasteiger partial charge in [0.2, 0.25) is 0 Å². The summed E-state index contributed by atoms with van der Waals surface area (Å²) in [5.74, 6) is 0. The Morgan fingerprint density at radius 1 is 1.25 bits per heavy atom. The highest BCUT2D eigenvalue weighted by Gasteiger charge is 2.00. The van der Waals surface area contributed by atoms with Gasteiger partial charge in [0.15, 0.2) is 0 Å². The third-order valence-electron chi connectivity index (χ3n) is 1.07. The molecular formula is C5H7N3O4. The number of nitrogens with one attached hydrogen (secondary N) is 2. The van der Waals surface area contributed by atoms with Gasteiger partial charge < -0.3 is 4.84 Å². The maximum Gasteiger partial charge on any atom is 0.367 e. The molecule has 1 aromatic heterocycles. The Labute approximate surface area is 65.6 Å². The summed E-state index contributed by atoms with van der Waals surface area (Å²) in [7, 11) is 0. The van der Waals surface area contributed by atoms with Gasteiger partial charge in [-0.2, -0.15) is 0 Å². The fraction of sp³-hybridized carbons (Fsp3) is 0.400. The summed E-state index contributed by atoms with van der Waals surface area (Å²) >= 11 is 0. The van der Waals surface area contributed by atoms with Crippen LogP contribution in [0.25, 0.3) is 0 Å². The van der Waals surface area contributed by atoms with Gasteiger partial charge in [-0.1, -0.05) is 4.73 Å². The van der Waals surface area contributed by atoms with Gasteiger partial charge in [0, 0.05) is 0 Å². The molecule has 1 rings (SSSR count). The Hall–Kier alpha value is -1.79. The Morgan fingerprint density at radius 3 is 2.17 bits per heavy atom. The summed E-state index contributed by atoms with van der Waals surface area (Å²) in [6, 6.07) is 0. The van der Waals surface area contributed by atoms with Crippen LogP contribution in [-0.2, 0) is 0 Å². The summed E-state index contributed by atoms with van der Waals surface area (Å²) in [6.45, 7) is 1.77. The second-order valence-corrected chi connectivity index (χ2v) is 1.90. The van der Waals surface area contributed by atoms with Crippen LogP contribution in [0.2, 0.25) is 0 Å². The molecule has 7 nitrogen and oxygen atoms in total. The van der Waals surface area contributed by atoms with Crippen molar-refractivity contribution in [2.24, 2.45) is 0 Å². The normalized spacial score (nSPS) is 9.75. The molecule has 0 aliphatic carbocycles. The number of hydrogen-bond donors (Lipinski definition) is 2. The van der Waals surface area contributed by atoms with Gasteiger partial charge >= 0.3 is 17.1 Å². The van der Waals surface area contributed by atoms with E-state index in [1.807, 2.05) is 9.97 Å². The predicted octanol–water partition coefficient (Wildman–Crippen LogP) is -2.33. The molecule has 0 amide bonds. The summed E-state index contributed by atoms with van der Waals surface area (Å²) < 4.78 is 0.446. The highest BCUT2D eigenvalue weighted by Crippen LogP contribution is 1.56. The van der Waals surface area contributed by atoms with E-state index in [2.05, 4.69) is 4.84 Å². The number of aromatic amines is 2. The van der Waals surface area contributed by atoms with E-state index in [0.717, 1.165) is 0 Å². The highest BCUT2D eigenvalue weighted by molar-refractivity contribution is 4.64. The fourth-order valence-electron chi connectivity index (χ4n) is 0.666. The van der Waals surface area contributed by atoms with E-state index < -0.39 is 17.1 Å². The monoisotopic (exact) mass is 173 g/mol. The van der Waals surface area contributed by atoms with E-state index in [4.69, 9.17) is 0 Å².